The van der Waals surface area contributed by atoms with E-state index < -0.39 is 0 Å². The first-order chi connectivity index (χ1) is 11.7. The third-order valence-electron chi connectivity index (χ3n) is 5.50. The van der Waals surface area contributed by atoms with E-state index in [1.54, 1.807) is 5.01 Å². The molecule has 5 rings (SSSR count). The Morgan fingerprint density at radius 1 is 1.25 bits per heavy atom. The van der Waals surface area contributed by atoms with Gasteiger partial charge in [-0.15, -0.1) is 0 Å². The van der Waals surface area contributed by atoms with Gasteiger partial charge in [0.25, 0.3) is 0 Å². The fraction of sp³-hybridized carbons (Fsp3) is 0.579. The molecule has 3 fully saturated rings. The smallest absolute Gasteiger partial charge is 0.243 e. The first-order valence-corrected chi connectivity index (χ1v) is 9.10. The summed E-state index contributed by atoms with van der Waals surface area (Å²) in [7, 11) is 0. The Hall–Kier alpha value is -1.88. The summed E-state index contributed by atoms with van der Waals surface area (Å²) in [5.74, 6) is 1.51. The molecule has 0 spiro atoms. The largest absolute Gasteiger partial charge is 0.494 e. The minimum absolute atomic E-state index is 0.0176. The van der Waals surface area contributed by atoms with Gasteiger partial charge in [-0.2, -0.15) is 5.10 Å². The zero-order valence-electron chi connectivity index (χ0n) is 14.4. The lowest BCUT2D eigenvalue weighted by molar-refractivity contribution is -0.133. The van der Waals surface area contributed by atoms with Crippen LogP contribution >= 0.6 is 0 Å². The van der Waals surface area contributed by atoms with Crippen LogP contribution in [0.25, 0.3) is 0 Å². The molecule has 0 N–H and O–H groups in total. The van der Waals surface area contributed by atoms with Crippen molar-refractivity contribution in [3.8, 4) is 5.75 Å². The molecular formula is C19H25N3O2. The molecule has 1 amide bonds. The average molecular weight is 327 g/mol. The van der Waals surface area contributed by atoms with Crippen LogP contribution in [0.3, 0.4) is 0 Å². The topological polar surface area (TPSA) is 45.1 Å². The second-order valence-electron chi connectivity index (χ2n) is 6.82. The molecule has 128 valence electrons. The molecule has 2 atom stereocenters. The van der Waals surface area contributed by atoms with Gasteiger partial charge in [-0.1, -0.05) is 19.1 Å². The van der Waals surface area contributed by atoms with Crippen molar-refractivity contribution in [1.29, 1.82) is 0 Å². The van der Waals surface area contributed by atoms with Crippen LogP contribution < -0.4 is 4.74 Å². The molecule has 0 aliphatic carbocycles. The normalized spacial score (nSPS) is 30.9. The highest BCUT2D eigenvalue weighted by atomic mass is 16.5. The number of hydrogen-bond donors (Lipinski definition) is 0. The lowest BCUT2D eigenvalue weighted by Gasteiger charge is -2.46. The third kappa shape index (κ3) is 2.42. The lowest BCUT2D eigenvalue weighted by Crippen LogP contribution is -2.56. The molecule has 1 aromatic rings. The first-order valence-electron chi connectivity index (χ1n) is 9.10. The van der Waals surface area contributed by atoms with Gasteiger partial charge in [-0.3, -0.25) is 9.69 Å². The van der Waals surface area contributed by atoms with E-state index in [0.717, 1.165) is 24.4 Å². The molecule has 0 radical (unpaired) electrons. The van der Waals surface area contributed by atoms with Crippen molar-refractivity contribution >= 4 is 11.6 Å². The van der Waals surface area contributed by atoms with Gasteiger partial charge in [0.15, 0.2) is 0 Å². The van der Waals surface area contributed by atoms with E-state index in [-0.39, 0.29) is 18.0 Å². The van der Waals surface area contributed by atoms with Crippen molar-refractivity contribution in [2.24, 2.45) is 11.0 Å². The van der Waals surface area contributed by atoms with Crippen LogP contribution in [0.2, 0.25) is 0 Å². The van der Waals surface area contributed by atoms with Crippen LogP contribution in [0.4, 0.5) is 0 Å². The van der Waals surface area contributed by atoms with Crippen LogP contribution in [-0.4, -0.2) is 47.3 Å². The van der Waals surface area contributed by atoms with E-state index in [4.69, 9.17) is 9.84 Å². The zero-order chi connectivity index (χ0) is 16.7. The Kier molecular flexibility index (Phi) is 4.04. The number of rotatable bonds is 4. The average Bonchev–Trinajstić information content (AvgIpc) is 3.05. The first kappa shape index (κ1) is 15.6. The quantitative estimate of drug-likeness (QED) is 0.854. The fourth-order valence-electron chi connectivity index (χ4n) is 4.38. The van der Waals surface area contributed by atoms with Crippen molar-refractivity contribution in [3.63, 3.8) is 0 Å². The maximum Gasteiger partial charge on any atom is 0.243 e. The number of hydrazone groups is 1. The highest BCUT2D eigenvalue weighted by Gasteiger charge is 2.50. The van der Waals surface area contributed by atoms with E-state index in [9.17, 15) is 4.79 Å². The SMILES string of the molecule is CCOc1cccc(C2C3C(=NN2C(=O)CC)C2CCN3CC2)c1. The Morgan fingerprint density at radius 2 is 2.04 bits per heavy atom. The number of ether oxygens (including phenoxy) is 1. The number of fused-ring (bicyclic) bond motifs is 2. The molecule has 3 saturated heterocycles. The summed E-state index contributed by atoms with van der Waals surface area (Å²) in [4.78, 5) is 15.1. The summed E-state index contributed by atoms with van der Waals surface area (Å²) < 4.78 is 5.67. The molecule has 5 nitrogen and oxygen atoms in total. The van der Waals surface area contributed by atoms with Crippen molar-refractivity contribution in [2.75, 3.05) is 19.7 Å². The van der Waals surface area contributed by atoms with Gasteiger partial charge in [0, 0.05) is 12.3 Å². The summed E-state index contributed by atoms with van der Waals surface area (Å²) in [5, 5.41) is 6.57. The number of nitrogens with zero attached hydrogens (tertiary/aromatic N) is 3. The Balaban J connectivity index is 1.74. The summed E-state index contributed by atoms with van der Waals surface area (Å²) in [6.07, 6.45) is 2.83. The summed E-state index contributed by atoms with van der Waals surface area (Å²) in [6, 6.07) is 8.39. The highest BCUT2D eigenvalue weighted by Crippen LogP contribution is 2.44. The number of carbonyl (C=O) groups excluding carboxylic acids is 1. The van der Waals surface area contributed by atoms with Crippen LogP contribution in [-0.2, 0) is 4.79 Å². The third-order valence-corrected chi connectivity index (χ3v) is 5.50. The monoisotopic (exact) mass is 327 g/mol. The highest BCUT2D eigenvalue weighted by molar-refractivity contribution is 5.97. The number of hydrogen-bond acceptors (Lipinski definition) is 4. The predicted molar refractivity (Wildman–Crippen MR) is 93.0 cm³/mol. The molecule has 0 saturated carbocycles. The Labute approximate surface area is 143 Å². The molecule has 1 aromatic carbocycles. The van der Waals surface area contributed by atoms with Gasteiger partial charge >= 0.3 is 0 Å². The van der Waals surface area contributed by atoms with Gasteiger partial charge < -0.3 is 4.74 Å². The minimum atomic E-state index is -0.0176. The minimum Gasteiger partial charge on any atom is -0.494 e. The number of carbonyl (C=O) groups is 1. The van der Waals surface area contributed by atoms with E-state index >= 15 is 0 Å². The van der Waals surface area contributed by atoms with Gasteiger partial charge in [0.2, 0.25) is 5.91 Å². The molecule has 5 heteroatoms. The van der Waals surface area contributed by atoms with Crippen molar-refractivity contribution in [2.45, 2.75) is 45.2 Å². The van der Waals surface area contributed by atoms with E-state index in [2.05, 4.69) is 17.0 Å². The molecule has 4 heterocycles. The van der Waals surface area contributed by atoms with E-state index in [1.807, 2.05) is 26.0 Å². The Bertz CT molecular complexity index is 664. The molecule has 2 unspecified atom stereocenters. The summed E-state index contributed by atoms with van der Waals surface area (Å²) in [5.41, 5.74) is 2.35. The van der Waals surface area contributed by atoms with Crippen LogP contribution in [0, 0.1) is 5.92 Å². The van der Waals surface area contributed by atoms with Gasteiger partial charge in [-0.25, -0.2) is 5.01 Å². The lowest BCUT2D eigenvalue weighted by atomic mass is 9.78. The van der Waals surface area contributed by atoms with Crippen molar-refractivity contribution in [3.05, 3.63) is 29.8 Å². The Morgan fingerprint density at radius 3 is 2.75 bits per heavy atom. The molecular weight excluding hydrogens is 302 g/mol. The zero-order valence-corrected chi connectivity index (χ0v) is 14.4. The predicted octanol–water partition coefficient (Wildman–Crippen LogP) is 2.83. The van der Waals surface area contributed by atoms with Gasteiger partial charge in [-0.05, 0) is 50.6 Å². The fourth-order valence-corrected chi connectivity index (χ4v) is 4.38. The van der Waals surface area contributed by atoms with Gasteiger partial charge in [0.1, 0.15) is 11.8 Å². The molecule has 24 heavy (non-hydrogen) atoms. The van der Waals surface area contributed by atoms with Crippen molar-refractivity contribution in [1.82, 2.24) is 9.91 Å². The second-order valence-corrected chi connectivity index (χ2v) is 6.82. The number of benzene rings is 1. The summed E-state index contributed by atoms with van der Waals surface area (Å²) in [6.45, 7) is 6.77. The van der Waals surface area contributed by atoms with E-state index in [1.165, 1.54) is 18.6 Å². The van der Waals surface area contributed by atoms with Gasteiger partial charge in [0.05, 0.1) is 18.4 Å². The molecule has 0 aromatic heterocycles. The van der Waals surface area contributed by atoms with Crippen LogP contribution in [0.1, 0.15) is 44.7 Å². The maximum absolute atomic E-state index is 12.6. The second kappa shape index (κ2) is 6.20. The number of piperidine rings is 3. The molecule has 4 aliphatic rings. The maximum atomic E-state index is 12.6. The van der Waals surface area contributed by atoms with Crippen LogP contribution in [0.15, 0.2) is 29.4 Å². The number of amides is 1. The van der Waals surface area contributed by atoms with Crippen LogP contribution in [0.5, 0.6) is 5.75 Å². The summed E-state index contributed by atoms with van der Waals surface area (Å²) >= 11 is 0. The molecule has 2 bridgehead atoms. The molecule has 4 aliphatic heterocycles. The van der Waals surface area contributed by atoms with E-state index in [0.29, 0.717) is 18.9 Å². The standard InChI is InChI=1S/C19H25N3O2/c1-3-16(23)22-18(14-6-5-7-15(12-14)24-4-2)19-17(20-22)13-8-10-21(19)11-9-13/h5-7,12-13,18-19H,3-4,8-11H2,1-2H3. The van der Waals surface area contributed by atoms with Crippen molar-refractivity contribution < 1.29 is 9.53 Å².